The Morgan fingerprint density at radius 1 is 0.913 bits per heavy atom. The Labute approximate surface area is 144 Å². The van der Waals surface area contributed by atoms with Crippen LogP contribution in [0.4, 0.5) is 5.69 Å². The lowest BCUT2D eigenvalue weighted by molar-refractivity contribution is 0.592. The molecule has 0 saturated carbocycles. The highest BCUT2D eigenvalue weighted by Gasteiger charge is 2.25. The number of fused-ring (bicyclic) bond motifs is 1. The van der Waals surface area contributed by atoms with Crippen molar-refractivity contribution in [2.24, 2.45) is 0 Å². The summed E-state index contributed by atoms with van der Waals surface area (Å²) in [6, 6.07) is 20.3. The van der Waals surface area contributed by atoms with Gasteiger partial charge in [0.05, 0.1) is 10.6 Å². The smallest absolute Gasteiger partial charge is 0.264 e. The molecule has 0 amide bonds. The van der Waals surface area contributed by atoms with Crippen molar-refractivity contribution in [1.82, 2.24) is 0 Å². The lowest BCUT2D eigenvalue weighted by Gasteiger charge is -2.24. The SMILES string of the molecule is CCN(c1ccccc1Br)S(=O)(=O)c1ccc2ccccc2c1. The summed E-state index contributed by atoms with van der Waals surface area (Å²) in [6.45, 7) is 2.19. The van der Waals surface area contributed by atoms with Gasteiger partial charge < -0.3 is 0 Å². The molecule has 3 aromatic rings. The molecule has 3 aromatic carbocycles. The number of hydrogen-bond donors (Lipinski definition) is 0. The van der Waals surface area contributed by atoms with E-state index in [4.69, 9.17) is 0 Å². The van der Waals surface area contributed by atoms with Crippen LogP contribution in [0.3, 0.4) is 0 Å². The van der Waals surface area contributed by atoms with Crippen molar-refractivity contribution in [1.29, 1.82) is 0 Å². The van der Waals surface area contributed by atoms with Crippen LogP contribution < -0.4 is 4.31 Å². The second-order valence-electron chi connectivity index (χ2n) is 5.13. The van der Waals surface area contributed by atoms with E-state index in [1.54, 1.807) is 18.2 Å². The normalized spacial score (nSPS) is 11.6. The molecule has 118 valence electrons. The Morgan fingerprint density at radius 2 is 1.57 bits per heavy atom. The average molecular weight is 390 g/mol. The van der Waals surface area contributed by atoms with E-state index in [2.05, 4.69) is 15.9 Å². The molecule has 0 bridgehead atoms. The Balaban J connectivity index is 2.13. The quantitative estimate of drug-likeness (QED) is 0.641. The van der Waals surface area contributed by atoms with E-state index in [0.717, 1.165) is 15.2 Å². The van der Waals surface area contributed by atoms with Gasteiger partial charge in [-0.3, -0.25) is 4.31 Å². The third-order valence-electron chi connectivity index (χ3n) is 3.72. The molecule has 0 heterocycles. The van der Waals surface area contributed by atoms with Crippen LogP contribution in [-0.2, 0) is 10.0 Å². The summed E-state index contributed by atoms with van der Waals surface area (Å²) in [7, 11) is -3.61. The van der Waals surface area contributed by atoms with Crippen molar-refractivity contribution in [2.75, 3.05) is 10.8 Å². The van der Waals surface area contributed by atoms with E-state index in [1.807, 2.05) is 55.5 Å². The van der Waals surface area contributed by atoms with Gasteiger partial charge in [0, 0.05) is 11.0 Å². The van der Waals surface area contributed by atoms with Crippen LogP contribution in [0, 0.1) is 0 Å². The van der Waals surface area contributed by atoms with Gasteiger partial charge in [0.25, 0.3) is 10.0 Å². The molecule has 0 aliphatic heterocycles. The molecule has 0 spiro atoms. The molecule has 0 radical (unpaired) electrons. The van der Waals surface area contributed by atoms with Crippen LogP contribution in [-0.4, -0.2) is 15.0 Å². The highest BCUT2D eigenvalue weighted by molar-refractivity contribution is 9.10. The van der Waals surface area contributed by atoms with E-state index in [-0.39, 0.29) is 0 Å². The number of halogens is 1. The predicted octanol–water partition coefficient (Wildman–Crippen LogP) is 4.82. The van der Waals surface area contributed by atoms with Gasteiger partial charge in [-0.1, -0.05) is 42.5 Å². The summed E-state index contributed by atoms with van der Waals surface area (Å²) in [5.41, 5.74) is 0.642. The summed E-state index contributed by atoms with van der Waals surface area (Å²) in [6.07, 6.45) is 0. The first-order chi connectivity index (χ1) is 11.0. The fraction of sp³-hybridized carbons (Fsp3) is 0.111. The third kappa shape index (κ3) is 2.99. The molecule has 0 aliphatic rings. The van der Waals surface area contributed by atoms with E-state index >= 15 is 0 Å². The first-order valence-electron chi connectivity index (χ1n) is 7.30. The fourth-order valence-electron chi connectivity index (χ4n) is 2.58. The molecule has 0 atom stereocenters. The van der Waals surface area contributed by atoms with E-state index in [1.165, 1.54) is 4.31 Å². The summed E-state index contributed by atoms with van der Waals surface area (Å²) < 4.78 is 28.3. The summed E-state index contributed by atoms with van der Waals surface area (Å²) in [5, 5.41) is 1.94. The number of nitrogens with zero attached hydrogens (tertiary/aromatic N) is 1. The third-order valence-corrected chi connectivity index (χ3v) is 6.27. The molecule has 0 saturated heterocycles. The number of para-hydroxylation sites is 1. The Kier molecular flexibility index (Phi) is 4.41. The minimum atomic E-state index is -3.61. The van der Waals surface area contributed by atoms with Gasteiger partial charge >= 0.3 is 0 Å². The van der Waals surface area contributed by atoms with Crippen molar-refractivity contribution < 1.29 is 8.42 Å². The highest BCUT2D eigenvalue weighted by atomic mass is 79.9. The van der Waals surface area contributed by atoms with Gasteiger partial charge in [-0.2, -0.15) is 0 Å². The zero-order valence-electron chi connectivity index (χ0n) is 12.6. The maximum Gasteiger partial charge on any atom is 0.264 e. The molecule has 0 fully saturated rings. The first-order valence-corrected chi connectivity index (χ1v) is 9.53. The molecular weight excluding hydrogens is 374 g/mol. The van der Waals surface area contributed by atoms with E-state index in [0.29, 0.717) is 17.1 Å². The standard InChI is InChI=1S/C18H16BrNO2S/c1-2-20(18-10-6-5-9-17(18)19)23(21,22)16-12-11-14-7-3-4-8-15(14)13-16/h3-13H,2H2,1H3. The number of sulfonamides is 1. The molecule has 0 aliphatic carbocycles. The van der Waals surface area contributed by atoms with Gasteiger partial charge in [-0.05, 0) is 57.9 Å². The van der Waals surface area contributed by atoms with Gasteiger partial charge in [-0.25, -0.2) is 8.42 Å². The lowest BCUT2D eigenvalue weighted by atomic mass is 10.1. The van der Waals surface area contributed by atoms with Gasteiger partial charge in [0.2, 0.25) is 0 Å². The van der Waals surface area contributed by atoms with Crippen LogP contribution in [0.25, 0.3) is 10.8 Å². The minimum absolute atomic E-state index is 0.300. The topological polar surface area (TPSA) is 37.4 Å². The van der Waals surface area contributed by atoms with Crippen molar-refractivity contribution in [3.05, 3.63) is 71.2 Å². The molecule has 5 heteroatoms. The van der Waals surface area contributed by atoms with Crippen LogP contribution >= 0.6 is 15.9 Å². The largest absolute Gasteiger partial charge is 0.265 e. The van der Waals surface area contributed by atoms with E-state index < -0.39 is 10.0 Å². The van der Waals surface area contributed by atoms with Gasteiger partial charge in [0.1, 0.15) is 0 Å². The van der Waals surface area contributed by atoms with Crippen molar-refractivity contribution in [3.8, 4) is 0 Å². The summed E-state index contributed by atoms with van der Waals surface area (Å²) in [5.74, 6) is 0. The minimum Gasteiger partial charge on any atom is -0.265 e. The van der Waals surface area contributed by atoms with Crippen LogP contribution in [0.1, 0.15) is 6.92 Å². The number of hydrogen-bond acceptors (Lipinski definition) is 2. The van der Waals surface area contributed by atoms with Crippen LogP contribution in [0.5, 0.6) is 0 Å². The lowest BCUT2D eigenvalue weighted by Crippen LogP contribution is -2.31. The second-order valence-corrected chi connectivity index (χ2v) is 7.85. The van der Waals surface area contributed by atoms with Crippen molar-refractivity contribution in [3.63, 3.8) is 0 Å². The Hall–Kier alpha value is -1.85. The molecular formula is C18H16BrNO2S. The average Bonchev–Trinajstić information content (AvgIpc) is 2.56. The first kappa shape index (κ1) is 16.0. The van der Waals surface area contributed by atoms with Crippen molar-refractivity contribution >= 4 is 42.4 Å². The fourth-order valence-corrected chi connectivity index (χ4v) is 4.72. The van der Waals surface area contributed by atoms with E-state index in [9.17, 15) is 8.42 Å². The molecule has 0 N–H and O–H groups in total. The summed E-state index contributed by atoms with van der Waals surface area (Å²) in [4.78, 5) is 0.300. The summed E-state index contributed by atoms with van der Waals surface area (Å²) >= 11 is 3.44. The maximum atomic E-state index is 13.1. The van der Waals surface area contributed by atoms with Gasteiger partial charge in [0.15, 0.2) is 0 Å². The molecule has 0 aromatic heterocycles. The molecule has 23 heavy (non-hydrogen) atoms. The molecule has 3 rings (SSSR count). The predicted molar refractivity (Wildman–Crippen MR) is 98.3 cm³/mol. The second kappa shape index (κ2) is 6.34. The van der Waals surface area contributed by atoms with Crippen LogP contribution in [0.2, 0.25) is 0 Å². The highest BCUT2D eigenvalue weighted by Crippen LogP contribution is 2.31. The van der Waals surface area contributed by atoms with Gasteiger partial charge in [-0.15, -0.1) is 0 Å². The maximum absolute atomic E-state index is 13.1. The number of benzene rings is 3. The number of anilines is 1. The monoisotopic (exact) mass is 389 g/mol. The molecule has 3 nitrogen and oxygen atoms in total. The molecule has 0 unspecified atom stereocenters. The zero-order chi connectivity index (χ0) is 16.4. The number of rotatable bonds is 4. The van der Waals surface area contributed by atoms with Crippen molar-refractivity contribution in [2.45, 2.75) is 11.8 Å². The Bertz CT molecular complexity index is 954. The van der Waals surface area contributed by atoms with Crippen LogP contribution in [0.15, 0.2) is 76.1 Å². The zero-order valence-corrected chi connectivity index (χ0v) is 15.0. The Morgan fingerprint density at radius 3 is 2.26 bits per heavy atom.